The first-order valence-corrected chi connectivity index (χ1v) is 8.84. The molecule has 4 rings (SSSR count). The van der Waals surface area contributed by atoms with Gasteiger partial charge in [-0.3, -0.25) is 0 Å². The van der Waals surface area contributed by atoms with E-state index in [4.69, 9.17) is 8.83 Å². The fourth-order valence-corrected chi connectivity index (χ4v) is 4.36. The number of halogens is 2. The number of hydrogen-bond acceptors (Lipinski definition) is 4. The fourth-order valence-electron chi connectivity index (χ4n) is 2.59. The minimum Gasteiger partial charge on any atom is -0.506 e. The average Bonchev–Trinajstić information content (AvgIpc) is 2.89. The first-order valence-electron chi connectivity index (χ1n) is 6.68. The first kappa shape index (κ1) is 15.0. The van der Waals surface area contributed by atoms with E-state index in [0.29, 0.717) is 24.1 Å². The highest BCUT2D eigenvalue weighted by Gasteiger charge is 2.18. The summed E-state index contributed by atoms with van der Waals surface area (Å²) >= 11 is 4.11. The molecule has 0 aliphatic heterocycles. The van der Waals surface area contributed by atoms with Crippen molar-refractivity contribution in [1.82, 2.24) is 0 Å². The molecular formula is C17H8I2O4. The zero-order valence-corrected chi connectivity index (χ0v) is 15.8. The van der Waals surface area contributed by atoms with Gasteiger partial charge >= 0.3 is 5.63 Å². The summed E-state index contributed by atoms with van der Waals surface area (Å²) in [5.74, 6) is 0.676. The zero-order valence-electron chi connectivity index (χ0n) is 11.5. The molecule has 23 heavy (non-hydrogen) atoms. The number of para-hydroxylation sites is 1. The molecule has 0 atom stereocenters. The average molecular weight is 530 g/mol. The van der Waals surface area contributed by atoms with Gasteiger partial charge in [0.25, 0.3) is 0 Å². The highest BCUT2D eigenvalue weighted by molar-refractivity contribution is 14.1. The Morgan fingerprint density at radius 3 is 2.35 bits per heavy atom. The molecule has 0 amide bonds. The van der Waals surface area contributed by atoms with E-state index in [1.165, 1.54) is 6.07 Å². The van der Waals surface area contributed by atoms with Gasteiger partial charge in [-0.15, -0.1) is 0 Å². The lowest BCUT2D eigenvalue weighted by atomic mass is 10.1. The van der Waals surface area contributed by atoms with Crippen molar-refractivity contribution in [3.05, 3.63) is 60.0 Å². The Hall–Kier alpha value is -1.55. The van der Waals surface area contributed by atoms with Gasteiger partial charge in [0, 0.05) is 10.9 Å². The molecule has 0 saturated heterocycles. The lowest BCUT2D eigenvalue weighted by Crippen LogP contribution is -1.97. The van der Waals surface area contributed by atoms with Crippen LogP contribution in [0.3, 0.4) is 0 Å². The van der Waals surface area contributed by atoms with Crippen molar-refractivity contribution < 1.29 is 13.9 Å². The van der Waals surface area contributed by atoms with E-state index in [0.717, 1.165) is 16.3 Å². The fraction of sp³-hybridized carbons (Fsp3) is 0. The molecule has 0 aliphatic rings. The van der Waals surface area contributed by atoms with Crippen molar-refractivity contribution in [2.24, 2.45) is 0 Å². The van der Waals surface area contributed by atoms with Crippen LogP contribution in [0.25, 0.3) is 33.3 Å². The summed E-state index contributed by atoms with van der Waals surface area (Å²) in [6.45, 7) is 0. The van der Waals surface area contributed by atoms with Gasteiger partial charge in [-0.25, -0.2) is 4.79 Å². The Morgan fingerprint density at radius 1 is 0.913 bits per heavy atom. The van der Waals surface area contributed by atoms with Crippen LogP contribution in [0.15, 0.2) is 56.1 Å². The van der Waals surface area contributed by atoms with E-state index in [1.807, 2.05) is 24.3 Å². The van der Waals surface area contributed by atoms with Crippen molar-refractivity contribution in [3.63, 3.8) is 0 Å². The lowest BCUT2D eigenvalue weighted by molar-refractivity contribution is 0.467. The summed E-state index contributed by atoms with van der Waals surface area (Å²) in [5, 5.41) is 11.6. The van der Waals surface area contributed by atoms with E-state index in [1.54, 1.807) is 12.1 Å². The van der Waals surface area contributed by atoms with Gasteiger partial charge in [0.1, 0.15) is 22.7 Å². The van der Waals surface area contributed by atoms with Gasteiger partial charge < -0.3 is 13.9 Å². The Balaban J connectivity index is 2.16. The van der Waals surface area contributed by atoms with Gasteiger partial charge in [0.15, 0.2) is 0 Å². The van der Waals surface area contributed by atoms with Crippen LogP contribution < -0.4 is 5.63 Å². The second-order valence-electron chi connectivity index (χ2n) is 5.02. The van der Waals surface area contributed by atoms with E-state index in [-0.39, 0.29) is 5.75 Å². The van der Waals surface area contributed by atoms with Crippen LogP contribution in [0.1, 0.15) is 0 Å². The summed E-state index contributed by atoms with van der Waals surface area (Å²) in [5.41, 5.74) is 1.46. The second-order valence-corrected chi connectivity index (χ2v) is 7.34. The maximum atomic E-state index is 11.9. The van der Waals surface area contributed by atoms with Crippen LogP contribution in [0.2, 0.25) is 0 Å². The molecule has 2 aromatic heterocycles. The SMILES string of the molecule is O=c1cc2oc3ccccc3c2c(-c2cc(I)c(O)c(I)c2)o1. The van der Waals surface area contributed by atoms with Crippen LogP contribution in [-0.4, -0.2) is 5.11 Å². The molecule has 0 unspecified atom stereocenters. The Morgan fingerprint density at radius 2 is 1.61 bits per heavy atom. The molecular weight excluding hydrogens is 522 g/mol. The molecule has 0 radical (unpaired) electrons. The van der Waals surface area contributed by atoms with Gasteiger partial charge in [0.2, 0.25) is 0 Å². The Bertz CT molecular complexity index is 1100. The van der Waals surface area contributed by atoms with E-state index < -0.39 is 5.63 Å². The smallest absolute Gasteiger partial charge is 0.340 e. The Kier molecular flexibility index (Phi) is 3.60. The molecule has 0 spiro atoms. The maximum Gasteiger partial charge on any atom is 0.340 e. The molecule has 0 fully saturated rings. The van der Waals surface area contributed by atoms with Crippen molar-refractivity contribution >= 4 is 67.1 Å². The number of aromatic hydroxyl groups is 1. The van der Waals surface area contributed by atoms with E-state index in [9.17, 15) is 9.90 Å². The number of hydrogen-bond donors (Lipinski definition) is 1. The molecule has 0 aliphatic carbocycles. The minimum absolute atomic E-state index is 0.224. The molecule has 114 valence electrons. The summed E-state index contributed by atoms with van der Waals surface area (Å²) in [6, 6.07) is 12.5. The van der Waals surface area contributed by atoms with Gasteiger partial charge in [-0.2, -0.15) is 0 Å². The lowest BCUT2D eigenvalue weighted by Gasteiger charge is -2.06. The largest absolute Gasteiger partial charge is 0.506 e. The maximum absolute atomic E-state index is 11.9. The summed E-state index contributed by atoms with van der Waals surface area (Å²) in [7, 11) is 0. The minimum atomic E-state index is -0.468. The molecule has 1 N–H and O–H groups in total. The molecule has 4 nitrogen and oxygen atoms in total. The first-order chi connectivity index (χ1) is 11.0. The van der Waals surface area contributed by atoms with Crippen LogP contribution in [0.5, 0.6) is 5.75 Å². The third kappa shape index (κ3) is 2.44. The predicted octanol–water partition coefficient (Wildman–Crippen LogP) is 5.12. The van der Waals surface area contributed by atoms with Crippen LogP contribution >= 0.6 is 45.2 Å². The van der Waals surface area contributed by atoms with E-state index in [2.05, 4.69) is 45.2 Å². The molecule has 6 heteroatoms. The topological polar surface area (TPSA) is 63.6 Å². The normalized spacial score (nSPS) is 11.4. The highest BCUT2D eigenvalue weighted by Crippen LogP contribution is 2.38. The number of rotatable bonds is 1. The van der Waals surface area contributed by atoms with Gasteiger partial charge in [-0.05, 0) is 63.4 Å². The molecule has 2 aromatic carbocycles. The number of phenols is 1. The number of phenolic OH excluding ortho intramolecular Hbond substituents is 1. The summed E-state index contributed by atoms with van der Waals surface area (Å²) < 4.78 is 12.6. The number of fused-ring (bicyclic) bond motifs is 3. The third-order valence-corrected chi connectivity index (χ3v) is 5.23. The van der Waals surface area contributed by atoms with Crippen molar-refractivity contribution in [1.29, 1.82) is 0 Å². The Labute approximate surface area is 157 Å². The quantitative estimate of drug-likeness (QED) is 0.348. The zero-order chi connectivity index (χ0) is 16.1. The van der Waals surface area contributed by atoms with Crippen molar-refractivity contribution in [2.45, 2.75) is 0 Å². The standard InChI is InChI=1S/C17H8I2O4/c18-10-5-8(6-11(19)16(10)21)17-15-9-3-1-2-4-12(9)22-13(15)7-14(20)23-17/h1-7,21H. The van der Waals surface area contributed by atoms with Crippen molar-refractivity contribution in [2.75, 3.05) is 0 Å². The monoisotopic (exact) mass is 530 g/mol. The summed E-state index contributed by atoms with van der Waals surface area (Å²) in [4.78, 5) is 11.9. The second kappa shape index (κ2) is 5.52. The third-order valence-electron chi connectivity index (χ3n) is 3.58. The molecule has 2 heterocycles. The van der Waals surface area contributed by atoms with Gasteiger partial charge in [-0.1, -0.05) is 18.2 Å². The molecule has 0 saturated carbocycles. The molecule has 4 aromatic rings. The van der Waals surface area contributed by atoms with E-state index >= 15 is 0 Å². The van der Waals surface area contributed by atoms with Crippen molar-refractivity contribution in [3.8, 4) is 17.1 Å². The predicted molar refractivity (Wildman–Crippen MR) is 105 cm³/mol. The number of benzene rings is 2. The van der Waals surface area contributed by atoms with Crippen LogP contribution in [0, 0.1) is 7.14 Å². The van der Waals surface area contributed by atoms with Crippen LogP contribution in [0.4, 0.5) is 0 Å². The molecule has 0 bridgehead atoms. The number of furan rings is 1. The van der Waals surface area contributed by atoms with Gasteiger partial charge in [0.05, 0.1) is 18.6 Å². The summed E-state index contributed by atoms with van der Waals surface area (Å²) in [6.07, 6.45) is 0. The van der Waals surface area contributed by atoms with Crippen LogP contribution in [-0.2, 0) is 0 Å². The highest BCUT2D eigenvalue weighted by atomic mass is 127.